The van der Waals surface area contributed by atoms with E-state index >= 15 is 0 Å². The van der Waals surface area contributed by atoms with Gasteiger partial charge in [0.05, 0.1) is 24.3 Å². The second kappa shape index (κ2) is 18.1. The zero-order valence-electron chi connectivity index (χ0n) is 27.2. The van der Waals surface area contributed by atoms with Crippen molar-refractivity contribution < 1.29 is 39.2 Å². The van der Waals surface area contributed by atoms with Gasteiger partial charge in [0.15, 0.2) is 0 Å². The van der Waals surface area contributed by atoms with Gasteiger partial charge in [0.1, 0.15) is 23.6 Å². The first-order chi connectivity index (χ1) is 22.0. The number of benzene rings is 1. The van der Waals surface area contributed by atoms with Gasteiger partial charge in [0.25, 0.3) is 0 Å². The molecule has 2 aliphatic rings. The topological polar surface area (TPSA) is 154 Å². The molecule has 0 saturated carbocycles. The normalized spacial score (nSPS) is 27.3. The number of aromatic hydroxyl groups is 2. The molecule has 5 atom stereocenters. The van der Waals surface area contributed by atoms with Gasteiger partial charge >= 0.3 is 5.97 Å². The van der Waals surface area contributed by atoms with Gasteiger partial charge in [0.2, 0.25) is 11.8 Å². The van der Waals surface area contributed by atoms with Crippen molar-refractivity contribution in [2.75, 3.05) is 12.4 Å². The van der Waals surface area contributed by atoms with E-state index in [0.717, 1.165) is 19.3 Å². The molecule has 3 rings (SSSR count). The van der Waals surface area contributed by atoms with E-state index in [9.17, 15) is 29.7 Å². The van der Waals surface area contributed by atoms with Crippen LogP contribution in [-0.4, -0.2) is 64.6 Å². The van der Waals surface area contributed by atoms with Gasteiger partial charge in [-0.05, 0) is 69.6 Å². The second-order valence-electron chi connectivity index (χ2n) is 11.9. The standard InChI is InChI=1S/C36H48N2O8/c1-23-14-13-17-27-20-28(39)21-30(34(27)42)38-32(40)22-29(45-4)18-11-6-5-7-12-19-31(24(2)33(23)41)46-36(44)25(3)37-35(43)26-15-9-8-10-16-26/h5-7,11-12,14-15,18,20-21,24-25,29,31,33,39,41-42H,8-10,13,16-17,19,22H2,1-4H3,(H,37,43)(H,38,40)/b6-5+,12-7-,18-11+,23-14+/t24-,25-,29+,31+,33+/m1/s1. The molecule has 1 heterocycles. The van der Waals surface area contributed by atoms with E-state index in [1.807, 2.05) is 18.2 Å². The Balaban J connectivity index is 1.83. The number of anilines is 1. The number of phenolic OH excluding ortho intramolecular Hbond substituents is 2. The van der Waals surface area contributed by atoms with Crippen LogP contribution in [0.4, 0.5) is 5.69 Å². The Morgan fingerprint density at radius 3 is 2.52 bits per heavy atom. The molecular formula is C36H48N2O8. The number of hydrogen-bond acceptors (Lipinski definition) is 8. The molecule has 10 nitrogen and oxygen atoms in total. The van der Waals surface area contributed by atoms with Crippen molar-refractivity contribution in [3.8, 4) is 11.5 Å². The van der Waals surface area contributed by atoms with Crippen LogP contribution in [0.1, 0.15) is 71.3 Å². The van der Waals surface area contributed by atoms with Crippen LogP contribution >= 0.6 is 0 Å². The third kappa shape index (κ3) is 11.0. The molecule has 250 valence electrons. The predicted octanol–water partition coefficient (Wildman–Crippen LogP) is 5.31. The highest BCUT2D eigenvalue weighted by molar-refractivity contribution is 5.96. The number of carbonyl (C=O) groups is 3. The Kier molecular flexibility index (Phi) is 14.3. The fourth-order valence-corrected chi connectivity index (χ4v) is 5.39. The zero-order valence-corrected chi connectivity index (χ0v) is 27.2. The summed E-state index contributed by atoms with van der Waals surface area (Å²) in [6.07, 6.45) is 16.8. The minimum absolute atomic E-state index is 0.0116. The van der Waals surface area contributed by atoms with Crippen LogP contribution in [0.3, 0.4) is 0 Å². The number of nitrogens with one attached hydrogen (secondary N) is 2. The summed E-state index contributed by atoms with van der Waals surface area (Å²) in [6.45, 7) is 5.17. The third-order valence-corrected chi connectivity index (χ3v) is 8.28. The molecule has 2 amide bonds. The molecular weight excluding hydrogens is 588 g/mol. The summed E-state index contributed by atoms with van der Waals surface area (Å²) in [6, 6.07) is 1.85. The number of aliphatic hydroxyl groups is 1. The lowest BCUT2D eigenvalue weighted by Crippen LogP contribution is -2.43. The molecule has 2 bridgehead atoms. The highest BCUT2D eigenvalue weighted by Gasteiger charge is 2.30. The number of esters is 1. The molecule has 1 aliphatic carbocycles. The minimum Gasteiger partial charge on any atom is -0.508 e. The fraction of sp³-hybridized carbons (Fsp3) is 0.472. The molecule has 0 radical (unpaired) electrons. The number of fused-ring (bicyclic) bond motifs is 2. The maximum absolute atomic E-state index is 13.1. The van der Waals surface area contributed by atoms with Crippen molar-refractivity contribution in [3.05, 3.63) is 77.5 Å². The van der Waals surface area contributed by atoms with E-state index in [1.54, 1.807) is 51.2 Å². The highest BCUT2D eigenvalue weighted by Crippen LogP contribution is 2.34. The molecule has 0 fully saturated rings. The predicted molar refractivity (Wildman–Crippen MR) is 177 cm³/mol. The van der Waals surface area contributed by atoms with E-state index in [-0.39, 0.29) is 29.5 Å². The summed E-state index contributed by atoms with van der Waals surface area (Å²) in [7, 11) is 1.49. The van der Waals surface area contributed by atoms with E-state index in [1.165, 1.54) is 19.2 Å². The molecule has 46 heavy (non-hydrogen) atoms. The van der Waals surface area contributed by atoms with Crippen molar-refractivity contribution in [1.29, 1.82) is 0 Å². The first-order valence-corrected chi connectivity index (χ1v) is 15.9. The summed E-state index contributed by atoms with van der Waals surface area (Å²) >= 11 is 0. The lowest BCUT2D eigenvalue weighted by atomic mass is 9.90. The molecule has 0 aromatic heterocycles. The Hall–Kier alpha value is -4.15. The Morgan fingerprint density at radius 2 is 1.80 bits per heavy atom. The summed E-state index contributed by atoms with van der Waals surface area (Å²) in [4.78, 5) is 38.5. The van der Waals surface area contributed by atoms with Crippen LogP contribution in [-0.2, 0) is 30.3 Å². The number of methoxy groups -OCH3 is 1. The molecule has 1 aromatic rings. The van der Waals surface area contributed by atoms with E-state index < -0.39 is 42.1 Å². The first-order valence-electron chi connectivity index (χ1n) is 15.9. The average molecular weight is 637 g/mol. The number of ether oxygens (including phenoxy) is 2. The molecule has 10 heteroatoms. The van der Waals surface area contributed by atoms with Crippen LogP contribution in [0.5, 0.6) is 11.5 Å². The number of allylic oxidation sites excluding steroid dienone is 6. The maximum atomic E-state index is 13.1. The average Bonchev–Trinajstić information content (AvgIpc) is 3.04. The minimum atomic E-state index is -0.949. The van der Waals surface area contributed by atoms with Crippen molar-refractivity contribution in [3.63, 3.8) is 0 Å². The second-order valence-corrected chi connectivity index (χ2v) is 11.9. The van der Waals surface area contributed by atoms with Crippen molar-refractivity contribution in [1.82, 2.24) is 5.32 Å². The number of amides is 2. The molecule has 0 unspecified atom stereocenters. The van der Waals surface area contributed by atoms with Crippen LogP contribution in [0.25, 0.3) is 0 Å². The van der Waals surface area contributed by atoms with Gasteiger partial charge in [-0.25, -0.2) is 4.79 Å². The zero-order chi connectivity index (χ0) is 33.6. The molecule has 0 saturated heterocycles. The van der Waals surface area contributed by atoms with Gasteiger partial charge in [-0.1, -0.05) is 55.5 Å². The molecule has 5 N–H and O–H groups in total. The van der Waals surface area contributed by atoms with Gasteiger partial charge < -0.3 is 35.4 Å². The van der Waals surface area contributed by atoms with Gasteiger partial charge in [-0.2, -0.15) is 0 Å². The molecule has 0 spiro atoms. The van der Waals surface area contributed by atoms with E-state index in [0.29, 0.717) is 42.4 Å². The summed E-state index contributed by atoms with van der Waals surface area (Å²) in [5.74, 6) is -2.00. The lowest BCUT2D eigenvalue weighted by molar-refractivity contribution is -0.156. The molecule has 1 aliphatic heterocycles. The Morgan fingerprint density at radius 1 is 1.04 bits per heavy atom. The summed E-state index contributed by atoms with van der Waals surface area (Å²) in [5, 5.41) is 37.7. The lowest BCUT2D eigenvalue weighted by Gasteiger charge is -2.29. The van der Waals surface area contributed by atoms with Crippen molar-refractivity contribution in [2.45, 2.75) is 96.5 Å². The van der Waals surface area contributed by atoms with Crippen LogP contribution in [0.2, 0.25) is 0 Å². The Bertz CT molecular complexity index is 1380. The van der Waals surface area contributed by atoms with Crippen LogP contribution in [0, 0.1) is 5.92 Å². The number of phenols is 2. The van der Waals surface area contributed by atoms with Crippen LogP contribution < -0.4 is 10.6 Å². The number of hydrogen-bond donors (Lipinski definition) is 5. The first kappa shape index (κ1) is 36.3. The van der Waals surface area contributed by atoms with Crippen molar-refractivity contribution >= 4 is 23.5 Å². The highest BCUT2D eigenvalue weighted by atomic mass is 16.5. The fourth-order valence-electron chi connectivity index (χ4n) is 5.39. The van der Waals surface area contributed by atoms with E-state index in [4.69, 9.17) is 9.47 Å². The quantitative estimate of drug-likeness (QED) is 0.126. The largest absolute Gasteiger partial charge is 0.508 e. The molecule has 1 aromatic carbocycles. The third-order valence-electron chi connectivity index (χ3n) is 8.28. The van der Waals surface area contributed by atoms with Gasteiger partial charge in [0, 0.05) is 31.1 Å². The van der Waals surface area contributed by atoms with Gasteiger partial charge in [-0.3, -0.25) is 9.59 Å². The van der Waals surface area contributed by atoms with Gasteiger partial charge in [-0.15, -0.1) is 0 Å². The monoisotopic (exact) mass is 636 g/mol. The SMILES string of the molecule is CO[C@H]1/C=C/C=C/C=C\C[C@H](OC(=O)[C@@H](C)NC(=O)C2=CCCCC2)[C@@H](C)[C@@H](O)/C(C)=C/CCc2cc(O)cc(c2O)NC(=O)C1. The number of aliphatic hydroxyl groups excluding tert-OH is 1. The van der Waals surface area contributed by atoms with Crippen LogP contribution in [0.15, 0.2) is 71.9 Å². The smallest absolute Gasteiger partial charge is 0.328 e. The summed E-state index contributed by atoms with van der Waals surface area (Å²) in [5.41, 5.74) is 1.86. The van der Waals surface area contributed by atoms with E-state index in [2.05, 4.69) is 10.6 Å². The number of rotatable bonds is 5. The maximum Gasteiger partial charge on any atom is 0.328 e. The number of aryl methyl sites for hydroxylation is 1. The Labute approximate surface area is 271 Å². The summed E-state index contributed by atoms with van der Waals surface area (Å²) < 4.78 is 11.3. The van der Waals surface area contributed by atoms with Crippen molar-refractivity contribution in [2.24, 2.45) is 5.92 Å². The number of carbonyl (C=O) groups excluding carboxylic acids is 3.